The lowest BCUT2D eigenvalue weighted by Crippen LogP contribution is -2.63. The maximum absolute atomic E-state index is 11.7. The minimum Gasteiger partial charge on any atom is -0.452 e. The molecule has 10 nitrogen and oxygen atoms in total. The Labute approximate surface area is 115 Å². The van der Waals surface area contributed by atoms with Gasteiger partial charge in [-0.05, 0) is 0 Å². The highest BCUT2D eigenvalue weighted by molar-refractivity contribution is 8.04. The first-order valence-corrected chi connectivity index (χ1v) is 6.99. The van der Waals surface area contributed by atoms with E-state index in [4.69, 9.17) is 5.14 Å². The second-order valence-corrected chi connectivity index (χ2v) is 5.94. The van der Waals surface area contributed by atoms with Crippen molar-refractivity contribution in [2.75, 3.05) is 27.9 Å². The third-order valence-corrected chi connectivity index (χ3v) is 4.06. The number of amidine groups is 1. The molecule has 0 aromatic heterocycles. The van der Waals surface area contributed by atoms with Crippen molar-refractivity contribution in [3.63, 3.8) is 0 Å². The van der Waals surface area contributed by atoms with E-state index >= 15 is 0 Å². The fraction of sp³-hybridized carbons (Fsp3) is 0.444. The van der Waals surface area contributed by atoms with Gasteiger partial charge in [-0.25, -0.2) is 18.4 Å². The number of amides is 2. The van der Waals surface area contributed by atoms with E-state index in [0.717, 1.165) is 12.0 Å². The molecular formula is C9H14N5O5S+. The van der Waals surface area contributed by atoms with E-state index in [2.05, 4.69) is 9.73 Å². The van der Waals surface area contributed by atoms with Gasteiger partial charge in [0, 0.05) is 0 Å². The molecule has 0 aromatic carbocycles. The summed E-state index contributed by atoms with van der Waals surface area (Å²) >= 11 is 0. The first-order chi connectivity index (χ1) is 9.11. The molecular weight excluding hydrogens is 290 g/mol. The van der Waals surface area contributed by atoms with Gasteiger partial charge >= 0.3 is 6.09 Å². The summed E-state index contributed by atoms with van der Waals surface area (Å²) in [4.78, 5) is 28.0. The Bertz CT molecular complexity index is 654. The van der Waals surface area contributed by atoms with Crippen LogP contribution in [0.15, 0.2) is 16.9 Å². The number of carbonyl (C=O) groups is 2. The molecule has 110 valence electrons. The normalized spacial score (nSPS) is 26.1. The van der Waals surface area contributed by atoms with Gasteiger partial charge < -0.3 is 4.74 Å². The number of primary sulfonamides is 1. The summed E-state index contributed by atoms with van der Waals surface area (Å²) in [6.07, 6.45) is 0.267. The fourth-order valence-electron chi connectivity index (χ4n) is 1.98. The van der Waals surface area contributed by atoms with Crippen molar-refractivity contribution in [2.45, 2.75) is 0 Å². The molecule has 11 heteroatoms. The number of likely N-dealkylation sites (N-methyl/N-ethyl adjacent to an activating group) is 1. The number of hydrogen-bond donors (Lipinski definition) is 1. The van der Waals surface area contributed by atoms with Crippen LogP contribution in [-0.4, -0.2) is 68.0 Å². The van der Waals surface area contributed by atoms with Crippen molar-refractivity contribution < 1.29 is 27.3 Å². The fourth-order valence-corrected chi connectivity index (χ4v) is 2.64. The lowest BCUT2D eigenvalue weighted by atomic mass is 10.5. The summed E-state index contributed by atoms with van der Waals surface area (Å²) < 4.78 is 27.4. The molecule has 0 aliphatic carbocycles. The van der Waals surface area contributed by atoms with Crippen molar-refractivity contribution >= 4 is 27.2 Å². The Hall–Kier alpha value is -1.98. The molecule has 2 aliphatic heterocycles. The predicted molar refractivity (Wildman–Crippen MR) is 66.7 cm³/mol. The molecule has 0 saturated carbocycles. The number of fused-ring (bicyclic) bond motifs is 1. The second-order valence-electron chi connectivity index (χ2n) is 4.48. The third-order valence-electron chi connectivity index (χ3n) is 3.23. The van der Waals surface area contributed by atoms with Crippen LogP contribution < -0.4 is 5.14 Å². The standard InChI is InChI=1S/C9H14N5O5S/c1-12-7(15)4-6-11-8(20(10,17)18)13(9(16)19-3)5-14(6,12)2/h4H,5H2,1-3H3,(H2,10,17,18)/q+1. The first kappa shape index (κ1) is 14.4. The molecule has 0 fully saturated rings. The highest BCUT2D eigenvalue weighted by atomic mass is 32.2. The number of nitrogens with zero attached hydrogens (tertiary/aromatic N) is 4. The van der Waals surface area contributed by atoms with Crippen LogP contribution in [0.4, 0.5) is 4.79 Å². The van der Waals surface area contributed by atoms with Gasteiger partial charge in [0.15, 0.2) is 6.67 Å². The molecule has 2 amide bonds. The number of nitrogens with two attached hydrogens (primary N) is 1. The molecule has 0 radical (unpaired) electrons. The summed E-state index contributed by atoms with van der Waals surface area (Å²) in [5.41, 5.74) is 0. The van der Waals surface area contributed by atoms with E-state index in [0.29, 0.717) is 0 Å². The highest BCUT2D eigenvalue weighted by Gasteiger charge is 2.51. The zero-order valence-corrected chi connectivity index (χ0v) is 11.9. The highest BCUT2D eigenvalue weighted by Crippen LogP contribution is 2.31. The number of hydrogen-bond acceptors (Lipinski definition) is 6. The molecule has 0 spiro atoms. The molecule has 0 saturated heterocycles. The zero-order valence-electron chi connectivity index (χ0n) is 11.1. The van der Waals surface area contributed by atoms with E-state index in [-0.39, 0.29) is 23.0 Å². The van der Waals surface area contributed by atoms with Crippen LogP contribution in [-0.2, 0) is 19.6 Å². The SMILES string of the molecule is COC(=O)N1C[N+]2(C)C(=CC(=O)N2C)N=C1S(N)(=O)=O. The molecule has 0 aromatic rings. The zero-order chi connectivity index (χ0) is 15.3. The number of carbonyl (C=O) groups excluding carboxylic acids is 2. The summed E-state index contributed by atoms with van der Waals surface area (Å²) in [5, 5.41) is 5.72. The van der Waals surface area contributed by atoms with Crippen LogP contribution in [0, 0.1) is 0 Å². The van der Waals surface area contributed by atoms with Gasteiger partial charge in [-0.1, -0.05) is 0 Å². The van der Waals surface area contributed by atoms with Gasteiger partial charge in [0.25, 0.3) is 26.9 Å². The monoisotopic (exact) mass is 304 g/mol. The van der Waals surface area contributed by atoms with Crippen molar-refractivity contribution in [3.05, 3.63) is 11.9 Å². The second kappa shape index (κ2) is 4.26. The first-order valence-electron chi connectivity index (χ1n) is 5.44. The quantitative estimate of drug-likeness (QED) is 0.537. The van der Waals surface area contributed by atoms with E-state index < -0.39 is 21.3 Å². The van der Waals surface area contributed by atoms with Crippen LogP contribution in [0.5, 0.6) is 0 Å². The Balaban J connectivity index is 2.60. The molecule has 2 heterocycles. The van der Waals surface area contributed by atoms with Crippen LogP contribution in [0.2, 0.25) is 0 Å². The average Bonchev–Trinajstić information content (AvgIpc) is 2.58. The van der Waals surface area contributed by atoms with Crippen LogP contribution in [0.25, 0.3) is 0 Å². The Morgan fingerprint density at radius 1 is 1.55 bits per heavy atom. The van der Waals surface area contributed by atoms with Crippen molar-refractivity contribution in [1.82, 2.24) is 9.91 Å². The summed E-state index contributed by atoms with van der Waals surface area (Å²) in [5.74, 6) is -0.173. The minimum atomic E-state index is -4.24. The summed E-state index contributed by atoms with van der Waals surface area (Å²) in [6.45, 7) is -0.171. The van der Waals surface area contributed by atoms with Gasteiger partial charge in [0.2, 0.25) is 0 Å². The average molecular weight is 304 g/mol. The van der Waals surface area contributed by atoms with Crippen molar-refractivity contribution in [1.29, 1.82) is 0 Å². The third kappa shape index (κ3) is 1.95. The molecule has 1 unspecified atom stereocenters. The molecule has 2 rings (SSSR count). The largest absolute Gasteiger partial charge is 0.452 e. The number of methoxy groups -OCH3 is 1. The lowest BCUT2D eigenvalue weighted by Gasteiger charge is -2.40. The van der Waals surface area contributed by atoms with Crippen LogP contribution in [0.3, 0.4) is 0 Å². The van der Waals surface area contributed by atoms with Gasteiger partial charge in [-0.3, -0.25) is 4.79 Å². The molecule has 1 atom stereocenters. The molecule has 2 N–H and O–H groups in total. The van der Waals surface area contributed by atoms with Gasteiger partial charge in [0.05, 0.1) is 27.3 Å². The number of rotatable bonds is 0. The number of quaternary nitrogens is 1. The smallest absolute Gasteiger partial charge is 0.420 e. The maximum Gasteiger partial charge on any atom is 0.420 e. The topological polar surface area (TPSA) is 122 Å². The lowest BCUT2D eigenvalue weighted by molar-refractivity contribution is -0.974. The van der Waals surface area contributed by atoms with E-state index in [1.807, 2.05) is 0 Å². The van der Waals surface area contributed by atoms with Gasteiger partial charge in [-0.15, -0.1) is 0 Å². The Kier molecular flexibility index (Phi) is 3.07. The Morgan fingerprint density at radius 2 is 2.15 bits per heavy atom. The minimum absolute atomic E-state index is 0.171. The molecule has 0 bridgehead atoms. The number of aliphatic imine (C=N–C) groups is 1. The predicted octanol–water partition coefficient (Wildman–Crippen LogP) is -1.65. The summed E-state index contributed by atoms with van der Waals surface area (Å²) in [6, 6.07) is 0. The van der Waals surface area contributed by atoms with Crippen molar-refractivity contribution in [3.8, 4) is 0 Å². The molecule has 2 aliphatic rings. The van der Waals surface area contributed by atoms with E-state index in [1.165, 1.54) is 18.1 Å². The number of ether oxygens (including phenoxy) is 1. The Morgan fingerprint density at radius 3 is 2.65 bits per heavy atom. The van der Waals surface area contributed by atoms with Crippen LogP contribution in [0.1, 0.15) is 0 Å². The van der Waals surface area contributed by atoms with E-state index in [1.54, 1.807) is 7.05 Å². The maximum atomic E-state index is 11.7. The van der Waals surface area contributed by atoms with Crippen LogP contribution >= 0.6 is 0 Å². The van der Waals surface area contributed by atoms with Crippen molar-refractivity contribution in [2.24, 2.45) is 10.1 Å². The van der Waals surface area contributed by atoms with E-state index in [9.17, 15) is 18.0 Å². The molecule has 20 heavy (non-hydrogen) atoms. The number of sulfonamides is 1. The summed E-state index contributed by atoms with van der Waals surface area (Å²) in [7, 11) is -0.0118. The van der Waals surface area contributed by atoms with Gasteiger partial charge in [0.1, 0.15) is 0 Å². The van der Waals surface area contributed by atoms with Gasteiger partial charge in [-0.2, -0.15) is 19.5 Å².